The van der Waals surface area contributed by atoms with Crippen LogP contribution in [0.5, 0.6) is 0 Å². The number of hydrogen-bond donors (Lipinski definition) is 3. The van der Waals surface area contributed by atoms with Crippen molar-refractivity contribution in [1.29, 1.82) is 0 Å². The maximum atomic E-state index is 12.9. The Hall–Kier alpha value is -2.71. The molecule has 1 amide bonds. The standard InChI is InChI=1S/C23H29N7O.ClH/c24-21-19-20(29-30(22(19)27-14-26-21)18-10-5-11-25-13-18)15-6-4-7-16(12-15)23(31)28-17-8-2-1-3-9-17;/h4,6-7,12,14,17-18,25H,1-3,5,8-11,13H2,(H,28,31)(H2,24,26,27);1H. The number of piperidine rings is 1. The lowest BCUT2D eigenvalue weighted by Gasteiger charge is -2.23. The van der Waals surface area contributed by atoms with Gasteiger partial charge in [0.15, 0.2) is 5.65 Å². The van der Waals surface area contributed by atoms with Gasteiger partial charge in [-0.05, 0) is 44.4 Å². The number of nitrogens with zero attached hydrogens (tertiary/aromatic N) is 4. The fourth-order valence-corrected chi connectivity index (χ4v) is 4.82. The van der Waals surface area contributed by atoms with Crippen LogP contribution in [0.25, 0.3) is 22.3 Å². The van der Waals surface area contributed by atoms with Crippen molar-refractivity contribution >= 4 is 35.2 Å². The van der Waals surface area contributed by atoms with Crippen molar-refractivity contribution in [3.63, 3.8) is 0 Å². The van der Waals surface area contributed by atoms with Crippen LogP contribution in [0.2, 0.25) is 0 Å². The second kappa shape index (κ2) is 9.83. The van der Waals surface area contributed by atoms with E-state index in [1.54, 1.807) is 0 Å². The van der Waals surface area contributed by atoms with Crippen molar-refractivity contribution < 1.29 is 4.79 Å². The predicted octanol–water partition coefficient (Wildman–Crippen LogP) is 3.48. The highest BCUT2D eigenvalue weighted by atomic mass is 35.5. The minimum Gasteiger partial charge on any atom is -0.383 e. The molecule has 3 heterocycles. The van der Waals surface area contributed by atoms with Crippen molar-refractivity contribution in [1.82, 2.24) is 30.4 Å². The third kappa shape index (κ3) is 4.42. The van der Waals surface area contributed by atoms with Crippen LogP contribution in [-0.4, -0.2) is 44.8 Å². The molecule has 1 saturated carbocycles. The number of carbonyl (C=O) groups excluding carboxylic acids is 1. The quantitative estimate of drug-likeness (QED) is 0.555. The van der Waals surface area contributed by atoms with Gasteiger partial charge in [0.05, 0.1) is 11.4 Å². The second-order valence-electron chi connectivity index (χ2n) is 8.64. The van der Waals surface area contributed by atoms with E-state index in [0.29, 0.717) is 11.4 Å². The molecule has 2 fully saturated rings. The molecule has 1 saturated heterocycles. The van der Waals surface area contributed by atoms with Crippen molar-refractivity contribution in [3.8, 4) is 11.3 Å². The number of amides is 1. The lowest BCUT2D eigenvalue weighted by atomic mass is 9.95. The van der Waals surface area contributed by atoms with Crippen molar-refractivity contribution in [2.24, 2.45) is 0 Å². The monoisotopic (exact) mass is 455 g/mol. The topological polar surface area (TPSA) is 111 Å². The third-order valence-corrected chi connectivity index (χ3v) is 6.47. The lowest BCUT2D eigenvalue weighted by molar-refractivity contribution is 0.0927. The number of nitrogen functional groups attached to an aromatic ring is 1. The number of anilines is 1. The fourth-order valence-electron chi connectivity index (χ4n) is 4.82. The maximum absolute atomic E-state index is 12.9. The lowest BCUT2D eigenvalue weighted by Crippen LogP contribution is -2.36. The average molecular weight is 456 g/mol. The maximum Gasteiger partial charge on any atom is 0.251 e. The van der Waals surface area contributed by atoms with Gasteiger partial charge < -0.3 is 16.4 Å². The summed E-state index contributed by atoms with van der Waals surface area (Å²) in [4.78, 5) is 21.6. The first-order chi connectivity index (χ1) is 15.2. The zero-order chi connectivity index (χ0) is 21.2. The summed E-state index contributed by atoms with van der Waals surface area (Å²) in [5, 5.41) is 12.3. The largest absolute Gasteiger partial charge is 0.383 e. The molecule has 1 aliphatic heterocycles. The van der Waals surface area contributed by atoms with Crippen LogP contribution >= 0.6 is 12.4 Å². The van der Waals surface area contributed by atoms with Crippen LogP contribution < -0.4 is 16.4 Å². The van der Waals surface area contributed by atoms with Crippen LogP contribution in [0.1, 0.15) is 61.3 Å². The molecule has 1 unspecified atom stereocenters. The Morgan fingerprint density at radius 3 is 2.75 bits per heavy atom. The molecule has 0 bridgehead atoms. The molecular weight excluding hydrogens is 426 g/mol. The van der Waals surface area contributed by atoms with E-state index >= 15 is 0 Å². The summed E-state index contributed by atoms with van der Waals surface area (Å²) < 4.78 is 1.98. The number of hydrogen-bond acceptors (Lipinski definition) is 6. The molecule has 2 aliphatic rings. The molecule has 9 heteroatoms. The smallest absolute Gasteiger partial charge is 0.251 e. The van der Waals surface area contributed by atoms with Gasteiger partial charge in [-0.15, -0.1) is 12.4 Å². The molecule has 3 aromatic rings. The Labute approximate surface area is 193 Å². The first-order valence-corrected chi connectivity index (χ1v) is 11.3. The molecule has 4 N–H and O–H groups in total. The molecule has 0 radical (unpaired) electrons. The van der Waals surface area contributed by atoms with Gasteiger partial charge in [-0.1, -0.05) is 31.4 Å². The summed E-state index contributed by atoms with van der Waals surface area (Å²) in [6.45, 7) is 1.88. The van der Waals surface area contributed by atoms with E-state index in [2.05, 4.69) is 20.6 Å². The Morgan fingerprint density at radius 1 is 1.12 bits per heavy atom. The number of rotatable bonds is 4. The normalized spacial score (nSPS) is 19.4. The highest BCUT2D eigenvalue weighted by molar-refractivity contribution is 6.00. The van der Waals surface area contributed by atoms with E-state index in [9.17, 15) is 4.79 Å². The molecule has 2 aromatic heterocycles. The Morgan fingerprint density at radius 2 is 1.97 bits per heavy atom. The molecule has 5 rings (SSSR count). The SMILES string of the molecule is Cl.Nc1ncnc2c1c(-c1cccc(C(=O)NC3CCCCC3)c1)nn2C1CCCNC1. The van der Waals surface area contributed by atoms with Gasteiger partial charge in [-0.2, -0.15) is 5.10 Å². The van der Waals surface area contributed by atoms with E-state index in [1.165, 1.54) is 25.6 Å². The summed E-state index contributed by atoms with van der Waals surface area (Å²) >= 11 is 0. The Kier molecular flexibility index (Phi) is 6.91. The van der Waals surface area contributed by atoms with Crippen LogP contribution in [0.15, 0.2) is 30.6 Å². The average Bonchev–Trinajstić information content (AvgIpc) is 3.21. The van der Waals surface area contributed by atoms with Gasteiger partial charge in [-0.3, -0.25) is 4.79 Å². The number of fused-ring (bicyclic) bond motifs is 1. The minimum absolute atomic E-state index is 0. The molecule has 170 valence electrons. The Balaban J connectivity index is 0.00000245. The summed E-state index contributed by atoms with van der Waals surface area (Å²) in [7, 11) is 0. The zero-order valence-electron chi connectivity index (χ0n) is 18.1. The van der Waals surface area contributed by atoms with E-state index in [4.69, 9.17) is 10.8 Å². The van der Waals surface area contributed by atoms with Gasteiger partial charge in [0.25, 0.3) is 5.91 Å². The molecule has 1 aliphatic carbocycles. The summed E-state index contributed by atoms with van der Waals surface area (Å²) in [6.07, 6.45) is 9.37. The van der Waals surface area contributed by atoms with E-state index in [-0.39, 0.29) is 30.4 Å². The third-order valence-electron chi connectivity index (χ3n) is 6.47. The first kappa shape index (κ1) is 22.5. The number of nitrogens with two attached hydrogens (primary N) is 1. The summed E-state index contributed by atoms with van der Waals surface area (Å²) in [6, 6.07) is 8.11. The molecule has 1 atom stereocenters. The summed E-state index contributed by atoms with van der Waals surface area (Å²) in [5.74, 6) is 0.380. The van der Waals surface area contributed by atoms with E-state index < -0.39 is 0 Å². The fraction of sp³-hybridized carbons (Fsp3) is 0.478. The highest BCUT2D eigenvalue weighted by Crippen LogP contribution is 2.33. The van der Waals surface area contributed by atoms with Crippen LogP contribution in [-0.2, 0) is 0 Å². The van der Waals surface area contributed by atoms with Gasteiger partial charge >= 0.3 is 0 Å². The Bertz CT molecular complexity index is 1090. The molecule has 8 nitrogen and oxygen atoms in total. The number of halogens is 1. The predicted molar refractivity (Wildman–Crippen MR) is 128 cm³/mol. The van der Waals surface area contributed by atoms with Crippen molar-refractivity contribution in [2.45, 2.75) is 57.0 Å². The van der Waals surface area contributed by atoms with Gasteiger partial charge in [0.2, 0.25) is 0 Å². The molecular formula is C23H30ClN7O. The number of aromatic nitrogens is 4. The highest BCUT2D eigenvalue weighted by Gasteiger charge is 2.24. The van der Waals surface area contributed by atoms with Crippen molar-refractivity contribution in [3.05, 3.63) is 36.2 Å². The zero-order valence-corrected chi connectivity index (χ0v) is 18.9. The van der Waals surface area contributed by atoms with E-state index in [1.807, 2.05) is 28.9 Å². The number of nitrogens with one attached hydrogen (secondary N) is 2. The number of benzene rings is 1. The van der Waals surface area contributed by atoms with Crippen LogP contribution in [0.4, 0.5) is 5.82 Å². The van der Waals surface area contributed by atoms with Gasteiger partial charge in [-0.25, -0.2) is 14.6 Å². The molecule has 0 spiro atoms. The number of carbonyl (C=O) groups is 1. The first-order valence-electron chi connectivity index (χ1n) is 11.3. The minimum atomic E-state index is -0.0295. The van der Waals surface area contributed by atoms with Crippen molar-refractivity contribution in [2.75, 3.05) is 18.8 Å². The van der Waals surface area contributed by atoms with Gasteiger partial charge in [0.1, 0.15) is 17.8 Å². The van der Waals surface area contributed by atoms with Gasteiger partial charge in [0, 0.05) is 23.7 Å². The van der Waals surface area contributed by atoms with Crippen LogP contribution in [0, 0.1) is 0 Å². The second-order valence-corrected chi connectivity index (χ2v) is 8.64. The molecule has 32 heavy (non-hydrogen) atoms. The summed E-state index contributed by atoms with van der Waals surface area (Å²) in [5.41, 5.74) is 9.22. The van der Waals surface area contributed by atoms with Crippen LogP contribution in [0.3, 0.4) is 0 Å². The molecule has 1 aromatic carbocycles. The van der Waals surface area contributed by atoms with E-state index in [0.717, 1.165) is 61.1 Å².